The zero-order chi connectivity index (χ0) is 19.9. The third-order valence-corrected chi connectivity index (χ3v) is 7.92. The molecular formula is C19H17FN2O4S2. The highest BCUT2D eigenvalue weighted by Gasteiger charge is 2.49. The van der Waals surface area contributed by atoms with Gasteiger partial charge in [-0.1, -0.05) is 11.8 Å². The Balaban J connectivity index is 1.68. The molecule has 9 heteroatoms. The zero-order valence-corrected chi connectivity index (χ0v) is 16.5. The lowest BCUT2D eigenvalue weighted by atomic mass is 10.2. The summed E-state index contributed by atoms with van der Waals surface area (Å²) >= 11 is 1.28. The SMILES string of the molecule is COc1ccc(C(=O)N=C2S[C@@H]3CS(=O)(=O)C[C@@H]3N2c2ccc(F)cc2)cc1. The number of hydrogen-bond acceptors (Lipinski definition) is 5. The lowest BCUT2D eigenvalue weighted by Crippen LogP contribution is -2.37. The molecule has 2 aliphatic rings. The van der Waals surface area contributed by atoms with Crippen LogP contribution in [0, 0.1) is 5.82 Å². The summed E-state index contributed by atoms with van der Waals surface area (Å²) in [5.74, 6) is -0.167. The number of rotatable bonds is 3. The van der Waals surface area contributed by atoms with Crippen molar-refractivity contribution in [1.82, 2.24) is 0 Å². The lowest BCUT2D eigenvalue weighted by Gasteiger charge is -2.24. The minimum atomic E-state index is -3.16. The maximum Gasteiger partial charge on any atom is 0.279 e. The van der Waals surface area contributed by atoms with Gasteiger partial charge in [-0.15, -0.1) is 0 Å². The molecule has 0 spiro atoms. The number of carbonyl (C=O) groups excluding carboxylic acids is 1. The van der Waals surface area contributed by atoms with Crippen LogP contribution in [0.1, 0.15) is 10.4 Å². The van der Waals surface area contributed by atoms with E-state index in [1.807, 2.05) is 0 Å². The summed E-state index contributed by atoms with van der Waals surface area (Å²) < 4.78 is 42.6. The molecule has 2 saturated heterocycles. The Morgan fingerprint density at radius 1 is 1.14 bits per heavy atom. The van der Waals surface area contributed by atoms with Crippen molar-refractivity contribution in [2.75, 3.05) is 23.5 Å². The van der Waals surface area contributed by atoms with Crippen LogP contribution in [0.15, 0.2) is 53.5 Å². The summed E-state index contributed by atoms with van der Waals surface area (Å²) in [7, 11) is -1.62. The van der Waals surface area contributed by atoms with Gasteiger partial charge in [-0.2, -0.15) is 4.99 Å². The van der Waals surface area contributed by atoms with E-state index < -0.39 is 15.7 Å². The van der Waals surface area contributed by atoms with E-state index in [9.17, 15) is 17.6 Å². The molecule has 6 nitrogen and oxygen atoms in total. The van der Waals surface area contributed by atoms with Crippen molar-refractivity contribution in [3.63, 3.8) is 0 Å². The van der Waals surface area contributed by atoms with Crippen LogP contribution in [0.3, 0.4) is 0 Å². The van der Waals surface area contributed by atoms with Crippen LogP contribution in [0.25, 0.3) is 0 Å². The summed E-state index contributed by atoms with van der Waals surface area (Å²) in [5.41, 5.74) is 1.01. The fourth-order valence-electron chi connectivity index (χ4n) is 3.35. The summed E-state index contributed by atoms with van der Waals surface area (Å²) in [6, 6.07) is 12.0. The van der Waals surface area contributed by atoms with Gasteiger partial charge in [-0.05, 0) is 48.5 Å². The number of halogens is 1. The first-order valence-corrected chi connectivity index (χ1v) is 11.3. The Bertz CT molecular complexity index is 1040. The highest BCUT2D eigenvalue weighted by Crippen LogP contribution is 2.41. The molecule has 2 aromatic rings. The van der Waals surface area contributed by atoms with E-state index in [0.29, 0.717) is 22.2 Å². The number of sulfone groups is 1. The molecule has 2 aliphatic heterocycles. The van der Waals surface area contributed by atoms with E-state index in [-0.39, 0.29) is 28.6 Å². The molecule has 0 N–H and O–H groups in total. The van der Waals surface area contributed by atoms with Crippen molar-refractivity contribution in [2.24, 2.45) is 4.99 Å². The average molecular weight is 420 g/mol. The highest BCUT2D eigenvalue weighted by atomic mass is 32.2. The number of thioether (sulfide) groups is 1. The molecule has 2 atom stereocenters. The van der Waals surface area contributed by atoms with Gasteiger partial charge >= 0.3 is 0 Å². The number of hydrogen-bond donors (Lipinski definition) is 0. The summed E-state index contributed by atoms with van der Waals surface area (Å²) in [5, 5.41) is 0.217. The Morgan fingerprint density at radius 2 is 1.82 bits per heavy atom. The minimum absolute atomic E-state index is 0.0161. The Kier molecular flexibility index (Phi) is 4.88. The fraction of sp³-hybridized carbons (Fsp3) is 0.263. The number of carbonyl (C=O) groups is 1. The molecule has 2 aromatic carbocycles. The average Bonchev–Trinajstić information content (AvgIpc) is 3.13. The van der Waals surface area contributed by atoms with Gasteiger partial charge in [0.1, 0.15) is 11.6 Å². The summed E-state index contributed by atoms with van der Waals surface area (Å²) in [6.45, 7) is 0. The van der Waals surface area contributed by atoms with Crippen LogP contribution in [0.4, 0.5) is 10.1 Å². The molecule has 0 aromatic heterocycles. The molecule has 0 bridgehead atoms. The van der Waals surface area contributed by atoms with Crippen molar-refractivity contribution < 1.29 is 22.3 Å². The lowest BCUT2D eigenvalue weighted by molar-refractivity contribution is 0.100. The normalized spacial score (nSPS) is 24.4. The Hall–Kier alpha value is -2.39. The first kappa shape index (κ1) is 18.9. The van der Waals surface area contributed by atoms with Gasteiger partial charge in [0.25, 0.3) is 5.91 Å². The number of nitrogens with zero attached hydrogens (tertiary/aromatic N) is 2. The van der Waals surface area contributed by atoms with E-state index in [2.05, 4.69) is 4.99 Å². The quantitative estimate of drug-likeness (QED) is 0.760. The van der Waals surface area contributed by atoms with Gasteiger partial charge in [0.05, 0.1) is 24.7 Å². The molecule has 0 unspecified atom stereocenters. The van der Waals surface area contributed by atoms with E-state index in [1.54, 1.807) is 48.4 Å². The van der Waals surface area contributed by atoms with Gasteiger partial charge in [-0.25, -0.2) is 12.8 Å². The number of ether oxygens (including phenoxy) is 1. The first-order valence-electron chi connectivity index (χ1n) is 8.55. The van der Waals surface area contributed by atoms with Crippen LogP contribution in [0.2, 0.25) is 0 Å². The topological polar surface area (TPSA) is 76.0 Å². The third-order valence-electron chi connectivity index (χ3n) is 4.71. The smallest absolute Gasteiger partial charge is 0.279 e. The second-order valence-electron chi connectivity index (χ2n) is 6.58. The Labute approximate surface area is 166 Å². The molecular weight excluding hydrogens is 403 g/mol. The molecule has 4 rings (SSSR count). The van der Waals surface area contributed by atoms with Crippen LogP contribution >= 0.6 is 11.8 Å². The predicted octanol–water partition coefficient (Wildman–Crippen LogP) is 2.75. The fourth-order valence-corrected chi connectivity index (χ4v) is 7.27. The molecule has 2 heterocycles. The van der Waals surface area contributed by atoms with Crippen molar-refractivity contribution in [2.45, 2.75) is 11.3 Å². The largest absolute Gasteiger partial charge is 0.497 e. The number of anilines is 1. The summed E-state index contributed by atoms with van der Waals surface area (Å²) in [4.78, 5) is 18.6. The molecule has 146 valence electrons. The molecule has 28 heavy (non-hydrogen) atoms. The van der Waals surface area contributed by atoms with Gasteiger partial charge in [-0.3, -0.25) is 4.79 Å². The monoisotopic (exact) mass is 420 g/mol. The Morgan fingerprint density at radius 3 is 2.46 bits per heavy atom. The standard InChI is InChI=1S/C19H17FN2O4S2/c1-26-15-8-2-12(3-9-15)18(23)21-19-22(14-6-4-13(20)5-7-14)16-10-28(24,25)11-17(16)27-19/h2-9,16-17H,10-11H2,1H3/t16-,17+/m0/s1. The number of amidine groups is 1. The molecule has 1 amide bonds. The van der Waals surface area contributed by atoms with E-state index >= 15 is 0 Å². The van der Waals surface area contributed by atoms with Crippen LogP contribution in [-0.4, -0.2) is 49.4 Å². The van der Waals surface area contributed by atoms with Crippen molar-refractivity contribution in [3.8, 4) is 5.75 Å². The van der Waals surface area contributed by atoms with Gasteiger partial charge in [0.15, 0.2) is 15.0 Å². The second kappa shape index (κ2) is 7.21. The van der Waals surface area contributed by atoms with Gasteiger partial charge in [0.2, 0.25) is 0 Å². The molecule has 0 aliphatic carbocycles. The van der Waals surface area contributed by atoms with E-state index in [4.69, 9.17) is 4.74 Å². The molecule has 0 radical (unpaired) electrons. The van der Waals surface area contributed by atoms with E-state index in [1.165, 1.54) is 23.9 Å². The minimum Gasteiger partial charge on any atom is -0.497 e. The van der Waals surface area contributed by atoms with Gasteiger partial charge in [0, 0.05) is 16.5 Å². The predicted molar refractivity (Wildman–Crippen MR) is 107 cm³/mol. The molecule has 2 fully saturated rings. The van der Waals surface area contributed by atoms with E-state index in [0.717, 1.165) is 0 Å². The van der Waals surface area contributed by atoms with Gasteiger partial charge < -0.3 is 9.64 Å². The number of benzene rings is 2. The first-order chi connectivity index (χ1) is 13.4. The van der Waals surface area contributed by atoms with Crippen LogP contribution in [-0.2, 0) is 9.84 Å². The number of methoxy groups -OCH3 is 1. The molecule has 0 saturated carbocycles. The second-order valence-corrected chi connectivity index (χ2v) is 9.94. The highest BCUT2D eigenvalue weighted by molar-refractivity contribution is 8.16. The van der Waals surface area contributed by atoms with Crippen LogP contribution in [0.5, 0.6) is 5.75 Å². The number of amides is 1. The maximum absolute atomic E-state index is 13.3. The number of fused-ring (bicyclic) bond motifs is 1. The van der Waals surface area contributed by atoms with Crippen LogP contribution < -0.4 is 9.64 Å². The summed E-state index contributed by atoms with van der Waals surface area (Å²) in [6.07, 6.45) is 0. The zero-order valence-electron chi connectivity index (χ0n) is 14.9. The van der Waals surface area contributed by atoms with Crippen molar-refractivity contribution in [1.29, 1.82) is 0 Å². The third kappa shape index (κ3) is 3.64. The number of aliphatic imine (C=N–C) groups is 1. The maximum atomic E-state index is 13.3. The van der Waals surface area contributed by atoms with Crippen molar-refractivity contribution in [3.05, 3.63) is 59.9 Å². The van der Waals surface area contributed by atoms with Crippen molar-refractivity contribution >= 4 is 38.4 Å².